The lowest BCUT2D eigenvalue weighted by molar-refractivity contribution is 1.08. The summed E-state index contributed by atoms with van der Waals surface area (Å²) in [6.45, 7) is 0. The van der Waals surface area contributed by atoms with Crippen molar-refractivity contribution in [3.63, 3.8) is 0 Å². The van der Waals surface area contributed by atoms with Crippen LogP contribution in [0.15, 0.2) is 188 Å². The van der Waals surface area contributed by atoms with Crippen LogP contribution in [0.2, 0.25) is 0 Å². The highest BCUT2D eigenvalue weighted by atomic mass is 15.0. The van der Waals surface area contributed by atoms with E-state index in [1.54, 1.807) is 0 Å². The molecule has 0 aliphatic rings. The lowest BCUT2D eigenvalue weighted by atomic mass is 9.95. The van der Waals surface area contributed by atoms with E-state index in [2.05, 4.69) is 78.9 Å². The van der Waals surface area contributed by atoms with Crippen LogP contribution < -0.4 is 0 Å². The van der Waals surface area contributed by atoms with Gasteiger partial charge >= 0.3 is 0 Å². The van der Waals surface area contributed by atoms with Crippen LogP contribution in [-0.4, -0.2) is 24.9 Å². The van der Waals surface area contributed by atoms with Crippen molar-refractivity contribution in [2.75, 3.05) is 0 Å². The Morgan fingerprint density at radius 1 is 0.250 bits per heavy atom. The minimum atomic E-state index is 0.630. The zero-order valence-corrected chi connectivity index (χ0v) is 28.1. The Labute approximate surface area is 302 Å². The van der Waals surface area contributed by atoms with Crippen LogP contribution in [0.4, 0.5) is 0 Å². The molecule has 0 radical (unpaired) electrons. The SMILES string of the molecule is c1ccc(-c2cc(-c3ccc(-c4cc(-c5nc(-c6ccccc6)nc(-c6ccccc6)n5)c5ccccc5c4)cc3)nc(-c3ccccc3)n2)cc1. The fraction of sp³-hybridized carbons (Fsp3) is 0. The molecule has 2 heterocycles. The molecule has 9 aromatic rings. The molecule has 0 unspecified atom stereocenters. The molecule has 9 rings (SSSR count). The first-order chi connectivity index (χ1) is 25.7. The van der Waals surface area contributed by atoms with Gasteiger partial charge in [-0.3, -0.25) is 0 Å². The van der Waals surface area contributed by atoms with Gasteiger partial charge < -0.3 is 0 Å². The summed E-state index contributed by atoms with van der Waals surface area (Å²) in [6, 6.07) is 64.1. The molecule has 0 saturated heterocycles. The van der Waals surface area contributed by atoms with Crippen molar-refractivity contribution in [1.82, 2.24) is 24.9 Å². The van der Waals surface area contributed by atoms with E-state index in [0.717, 1.165) is 66.7 Å². The molecule has 0 bridgehead atoms. The van der Waals surface area contributed by atoms with Gasteiger partial charge in [-0.05, 0) is 40.1 Å². The maximum absolute atomic E-state index is 5.07. The highest BCUT2D eigenvalue weighted by Crippen LogP contribution is 2.36. The van der Waals surface area contributed by atoms with Crippen LogP contribution in [0.25, 0.3) is 90.0 Å². The molecule has 0 saturated carbocycles. The minimum absolute atomic E-state index is 0.630. The first-order valence-electron chi connectivity index (χ1n) is 17.3. The summed E-state index contributed by atoms with van der Waals surface area (Å²) in [4.78, 5) is 25.0. The van der Waals surface area contributed by atoms with Gasteiger partial charge in [0.25, 0.3) is 0 Å². The third-order valence-electron chi connectivity index (χ3n) is 9.14. The molecule has 5 heteroatoms. The van der Waals surface area contributed by atoms with E-state index < -0.39 is 0 Å². The predicted octanol–water partition coefficient (Wildman–Crippen LogP) is 11.5. The Balaban J connectivity index is 1.15. The zero-order chi connectivity index (χ0) is 34.7. The van der Waals surface area contributed by atoms with Gasteiger partial charge in [0.2, 0.25) is 0 Å². The summed E-state index contributed by atoms with van der Waals surface area (Å²) in [5.74, 6) is 2.60. The van der Waals surface area contributed by atoms with Crippen molar-refractivity contribution in [2.24, 2.45) is 0 Å². The predicted molar refractivity (Wildman–Crippen MR) is 211 cm³/mol. The van der Waals surface area contributed by atoms with Crippen molar-refractivity contribution >= 4 is 10.8 Å². The standard InChI is InChI=1S/C47H31N5/c1-5-15-33(16-6-1)42-31-43(49-44(48-42)35-17-7-2-8-18-35)34-27-25-32(26-28-34)39-29-38-23-13-14-24-40(38)41(30-39)47-51-45(36-19-9-3-10-20-36)50-46(52-47)37-21-11-4-12-22-37/h1-31H. The van der Waals surface area contributed by atoms with Gasteiger partial charge in [0.15, 0.2) is 23.3 Å². The van der Waals surface area contributed by atoms with E-state index in [4.69, 9.17) is 24.9 Å². The summed E-state index contributed by atoms with van der Waals surface area (Å²) in [7, 11) is 0. The van der Waals surface area contributed by atoms with Crippen molar-refractivity contribution in [3.05, 3.63) is 188 Å². The van der Waals surface area contributed by atoms with E-state index in [9.17, 15) is 0 Å². The lowest BCUT2D eigenvalue weighted by Crippen LogP contribution is -2.00. The second-order valence-corrected chi connectivity index (χ2v) is 12.6. The summed E-state index contributed by atoms with van der Waals surface area (Å²) in [5.41, 5.74) is 9.77. The van der Waals surface area contributed by atoms with Crippen LogP contribution >= 0.6 is 0 Å². The van der Waals surface area contributed by atoms with Gasteiger partial charge in [-0.1, -0.05) is 170 Å². The van der Waals surface area contributed by atoms with Gasteiger partial charge in [0, 0.05) is 33.4 Å². The molecule has 0 fully saturated rings. The van der Waals surface area contributed by atoms with Crippen LogP contribution in [0.1, 0.15) is 0 Å². The molecular formula is C47H31N5. The van der Waals surface area contributed by atoms with E-state index >= 15 is 0 Å². The number of hydrogen-bond acceptors (Lipinski definition) is 5. The molecule has 244 valence electrons. The van der Waals surface area contributed by atoms with Gasteiger partial charge in [-0.2, -0.15) is 0 Å². The van der Waals surface area contributed by atoms with Crippen LogP contribution in [0.5, 0.6) is 0 Å². The van der Waals surface area contributed by atoms with Crippen LogP contribution in [0.3, 0.4) is 0 Å². The van der Waals surface area contributed by atoms with E-state index in [1.165, 1.54) is 0 Å². The largest absolute Gasteiger partial charge is 0.228 e. The van der Waals surface area contributed by atoms with Crippen molar-refractivity contribution in [3.8, 4) is 79.2 Å². The maximum atomic E-state index is 5.07. The van der Waals surface area contributed by atoms with Gasteiger partial charge in [-0.15, -0.1) is 0 Å². The lowest BCUT2D eigenvalue weighted by Gasteiger charge is -2.13. The molecule has 2 aromatic heterocycles. The van der Waals surface area contributed by atoms with E-state index in [1.807, 2.05) is 109 Å². The molecule has 0 aliphatic carbocycles. The molecule has 52 heavy (non-hydrogen) atoms. The number of fused-ring (bicyclic) bond motifs is 1. The van der Waals surface area contributed by atoms with E-state index in [-0.39, 0.29) is 0 Å². The molecule has 0 amide bonds. The third-order valence-corrected chi connectivity index (χ3v) is 9.14. The summed E-state index contributed by atoms with van der Waals surface area (Å²) >= 11 is 0. The van der Waals surface area contributed by atoms with Crippen molar-refractivity contribution in [2.45, 2.75) is 0 Å². The first-order valence-corrected chi connectivity index (χ1v) is 17.3. The molecule has 0 atom stereocenters. The number of rotatable bonds is 7. The Morgan fingerprint density at radius 3 is 1.19 bits per heavy atom. The Morgan fingerprint density at radius 2 is 0.654 bits per heavy atom. The number of nitrogens with zero attached hydrogens (tertiary/aromatic N) is 5. The highest BCUT2D eigenvalue weighted by Gasteiger charge is 2.16. The normalized spacial score (nSPS) is 11.1. The molecule has 0 aliphatic heterocycles. The second-order valence-electron chi connectivity index (χ2n) is 12.6. The fourth-order valence-electron chi connectivity index (χ4n) is 6.49. The second kappa shape index (κ2) is 13.7. The average molecular weight is 666 g/mol. The van der Waals surface area contributed by atoms with Crippen molar-refractivity contribution in [1.29, 1.82) is 0 Å². The fourth-order valence-corrected chi connectivity index (χ4v) is 6.49. The average Bonchev–Trinajstić information content (AvgIpc) is 3.24. The maximum Gasteiger partial charge on any atom is 0.164 e. The van der Waals surface area contributed by atoms with Gasteiger partial charge in [-0.25, -0.2) is 24.9 Å². The van der Waals surface area contributed by atoms with Gasteiger partial charge in [0.1, 0.15) is 0 Å². The molecular weight excluding hydrogens is 635 g/mol. The molecule has 0 N–H and O–H groups in total. The monoisotopic (exact) mass is 665 g/mol. The number of hydrogen-bond donors (Lipinski definition) is 0. The third kappa shape index (κ3) is 6.23. The zero-order valence-electron chi connectivity index (χ0n) is 28.1. The van der Waals surface area contributed by atoms with Crippen LogP contribution in [-0.2, 0) is 0 Å². The Hall–Kier alpha value is -7.11. The summed E-state index contributed by atoms with van der Waals surface area (Å²) < 4.78 is 0. The number of benzene rings is 7. The quantitative estimate of drug-likeness (QED) is 0.169. The summed E-state index contributed by atoms with van der Waals surface area (Å²) in [5, 5.41) is 2.19. The Kier molecular flexibility index (Phi) is 8.12. The topological polar surface area (TPSA) is 64.5 Å². The van der Waals surface area contributed by atoms with E-state index in [0.29, 0.717) is 23.3 Å². The number of aromatic nitrogens is 5. The first kappa shape index (κ1) is 30.9. The molecule has 0 spiro atoms. The van der Waals surface area contributed by atoms with Crippen LogP contribution in [0, 0.1) is 0 Å². The summed E-state index contributed by atoms with van der Waals surface area (Å²) in [6.07, 6.45) is 0. The Bertz CT molecular complexity index is 2530. The smallest absolute Gasteiger partial charge is 0.164 e. The van der Waals surface area contributed by atoms with Crippen molar-refractivity contribution < 1.29 is 0 Å². The minimum Gasteiger partial charge on any atom is -0.228 e. The molecule has 7 aromatic carbocycles. The molecule has 5 nitrogen and oxygen atoms in total. The van der Waals surface area contributed by atoms with Gasteiger partial charge in [0.05, 0.1) is 11.4 Å². The highest BCUT2D eigenvalue weighted by molar-refractivity contribution is 5.99.